The van der Waals surface area contributed by atoms with Crippen LogP contribution < -0.4 is 5.32 Å². The minimum absolute atomic E-state index is 0.00544. The van der Waals surface area contributed by atoms with Crippen LogP contribution in [0.1, 0.15) is 44.2 Å². The highest BCUT2D eigenvalue weighted by molar-refractivity contribution is 6.31. The molecule has 1 fully saturated rings. The summed E-state index contributed by atoms with van der Waals surface area (Å²) in [5.41, 5.74) is 0.778. The van der Waals surface area contributed by atoms with Crippen LogP contribution in [0, 0.1) is 5.92 Å². The van der Waals surface area contributed by atoms with Gasteiger partial charge in [-0.3, -0.25) is 9.48 Å². The number of aliphatic carboxylic acids is 1. The number of aryl methyl sites for hydroxylation is 1. The largest absolute Gasteiger partial charge is 0.481 e. The molecule has 6 heteroatoms. The van der Waals surface area contributed by atoms with Gasteiger partial charge in [-0.25, -0.2) is 0 Å². The minimum Gasteiger partial charge on any atom is -0.481 e. The zero-order valence-corrected chi connectivity index (χ0v) is 12.6. The van der Waals surface area contributed by atoms with Gasteiger partial charge in [0.05, 0.1) is 16.6 Å². The summed E-state index contributed by atoms with van der Waals surface area (Å²) in [5, 5.41) is 17.6. The van der Waals surface area contributed by atoms with E-state index in [9.17, 15) is 9.90 Å². The molecule has 1 aromatic heterocycles. The Morgan fingerprint density at radius 2 is 2.15 bits per heavy atom. The van der Waals surface area contributed by atoms with Crippen LogP contribution in [0.4, 0.5) is 0 Å². The highest BCUT2D eigenvalue weighted by atomic mass is 35.5. The lowest BCUT2D eigenvalue weighted by Crippen LogP contribution is -2.40. The first-order valence-corrected chi connectivity index (χ1v) is 7.60. The van der Waals surface area contributed by atoms with Crippen LogP contribution in [0.3, 0.4) is 0 Å². The lowest BCUT2D eigenvalue weighted by Gasteiger charge is -2.27. The van der Waals surface area contributed by atoms with E-state index < -0.39 is 5.97 Å². The number of hydrogen-bond donors (Lipinski definition) is 2. The molecule has 0 saturated heterocycles. The maximum Gasteiger partial charge on any atom is 0.308 e. The summed E-state index contributed by atoms with van der Waals surface area (Å²) in [6, 6.07) is 0.00544. The van der Waals surface area contributed by atoms with E-state index in [0.29, 0.717) is 11.6 Å². The van der Waals surface area contributed by atoms with Gasteiger partial charge in [-0.2, -0.15) is 5.10 Å². The molecule has 0 bridgehead atoms. The first kappa shape index (κ1) is 15.3. The smallest absolute Gasteiger partial charge is 0.308 e. The second-order valence-electron chi connectivity index (χ2n) is 5.52. The van der Waals surface area contributed by atoms with Gasteiger partial charge >= 0.3 is 5.97 Å². The van der Waals surface area contributed by atoms with E-state index in [1.807, 2.05) is 7.05 Å². The molecule has 0 aromatic carbocycles. The average Bonchev–Trinajstić information content (AvgIpc) is 2.66. The fourth-order valence-corrected chi connectivity index (χ4v) is 3.12. The van der Waals surface area contributed by atoms with Gasteiger partial charge in [-0.05, 0) is 12.8 Å². The Kier molecular flexibility index (Phi) is 5.43. The van der Waals surface area contributed by atoms with Crippen LogP contribution in [-0.4, -0.2) is 26.9 Å². The van der Waals surface area contributed by atoms with Gasteiger partial charge < -0.3 is 10.4 Å². The van der Waals surface area contributed by atoms with Crippen molar-refractivity contribution in [3.63, 3.8) is 0 Å². The highest BCUT2D eigenvalue weighted by Gasteiger charge is 2.28. The van der Waals surface area contributed by atoms with Crippen molar-refractivity contribution in [1.29, 1.82) is 0 Å². The van der Waals surface area contributed by atoms with Crippen LogP contribution in [0.5, 0.6) is 0 Å². The lowest BCUT2D eigenvalue weighted by atomic mass is 9.87. The summed E-state index contributed by atoms with van der Waals surface area (Å²) in [6.07, 6.45) is 7.82. The fourth-order valence-electron chi connectivity index (χ4n) is 2.88. The van der Waals surface area contributed by atoms with E-state index in [4.69, 9.17) is 11.6 Å². The summed E-state index contributed by atoms with van der Waals surface area (Å²) in [6.45, 7) is 0.522. The third kappa shape index (κ3) is 3.96. The number of carbonyl (C=O) groups is 1. The molecule has 0 amide bonds. The molecule has 2 N–H and O–H groups in total. The number of rotatable bonds is 4. The van der Waals surface area contributed by atoms with E-state index in [1.165, 1.54) is 6.42 Å². The van der Waals surface area contributed by atoms with Crippen molar-refractivity contribution in [2.75, 3.05) is 0 Å². The summed E-state index contributed by atoms with van der Waals surface area (Å²) < 4.78 is 1.67. The normalized spacial score (nSPS) is 24.1. The fraction of sp³-hybridized carbons (Fsp3) is 0.714. The standard InChI is InChI=1S/C14H22ClN3O2/c1-18-9-11(15)13(17-18)8-16-12-7-5-3-2-4-6-10(12)14(19)20/h9-10,12,16H,2-8H2,1H3,(H,19,20)/t10-,12+/m0/s1. The molecular weight excluding hydrogens is 278 g/mol. The molecule has 1 heterocycles. The molecule has 0 unspecified atom stereocenters. The molecule has 0 radical (unpaired) electrons. The van der Waals surface area contributed by atoms with Gasteiger partial charge in [0.1, 0.15) is 0 Å². The van der Waals surface area contributed by atoms with E-state index in [1.54, 1.807) is 10.9 Å². The lowest BCUT2D eigenvalue weighted by molar-refractivity contribution is -0.143. The van der Waals surface area contributed by atoms with Gasteiger partial charge in [0, 0.05) is 25.8 Å². The van der Waals surface area contributed by atoms with E-state index in [2.05, 4.69) is 10.4 Å². The van der Waals surface area contributed by atoms with E-state index in [-0.39, 0.29) is 12.0 Å². The first-order valence-electron chi connectivity index (χ1n) is 7.22. The molecule has 2 atom stereocenters. The van der Waals surface area contributed by atoms with Crippen molar-refractivity contribution < 1.29 is 9.90 Å². The number of halogens is 1. The quantitative estimate of drug-likeness (QED) is 0.897. The second kappa shape index (κ2) is 7.09. The Balaban J connectivity index is 1.99. The van der Waals surface area contributed by atoms with Crippen molar-refractivity contribution in [2.24, 2.45) is 13.0 Å². The number of hydrogen-bond acceptors (Lipinski definition) is 3. The van der Waals surface area contributed by atoms with E-state index >= 15 is 0 Å². The molecule has 20 heavy (non-hydrogen) atoms. The molecule has 2 rings (SSSR count). The van der Waals surface area contributed by atoms with Gasteiger partial charge in [0.15, 0.2) is 0 Å². The van der Waals surface area contributed by atoms with Crippen molar-refractivity contribution in [2.45, 2.75) is 51.1 Å². The third-order valence-corrected chi connectivity index (χ3v) is 4.28. The zero-order chi connectivity index (χ0) is 14.5. The Morgan fingerprint density at radius 3 is 2.75 bits per heavy atom. The Bertz CT molecular complexity index is 461. The topological polar surface area (TPSA) is 67.2 Å². The van der Waals surface area contributed by atoms with Gasteiger partial charge in [0.2, 0.25) is 0 Å². The molecule has 0 spiro atoms. The van der Waals surface area contributed by atoms with Crippen molar-refractivity contribution >= 4 is 17.6 Å². The number of nitrogens with one attached hydrogen (secondary N) is 1. The van der Waals surface area contributed by atoms with Crippen LogP contribution in [0.25, 0.3) is 0 Å². The first-order chi connectivity index (χ1) is 9.58. The predicted molar refractivity (Wildman–Crippen MR) is 77.7 cm³/mol. The maximum absolute atomic E-state index is 11.4. The van der Waals surface area contributed by atoms with Crippen LogP contribution in [0.15, 0.2) is 6.20 Å². The minimum atomic E-state index is -0.698. The molecule has 1 aromatic rings. The van der Waals surface area contributed by atoms with Crippen molar-refractivity contribution in [3.8, 4) is 0 Å². The van der Waals surface area contributed by atoms with Gasteiger partial charge in [-0.1, -0.05) is 37.3 Å². The van der Waals surface area contributed by atoms with Crippen LogP contribution >= 0.6 is 11.6 Å². The number of carboxylic acids is 1. The van der Waals surface area contributed by atoms with Gasteiger partial charge in [-0.15, -0.1) is 0 Å². The Hall–Kier alpha value is -1.07. The van der Waals surface area contributed by atoms with E-state index in [0.717, 1.165) is 37.8 Å². The SMILES string of the molecule is Cn1cc(Cl)c(CN[C@@H]2CCCCCC[C@@H]2C(=O)O)n1. The highest BCUT2D eigenvalue weighted by Crippen LogP contribution is 2.24. The van der Waals surface area contributed by atoms with Crippen LogP contribution in [0.2, 0.25) is 5.02 Å². The number of nitrogens with zero attached hydrogens (tertiary/aromatic N) is 2. The monoisotopic (exact) mass is 299 g/mol. The predicted octanol–water partition coefficient (Wildman–Crippen LogP) is 2.59. The summed E-state index contributed by atoms with van der Waals surface area (Å²) in [7, 11) is 1.82. The Labute approximate surface area is 124 Å². The molecule has 112 valence electrons. The van der Waals surface area contributed by atoms with Crippen molar-refractivity contribution in [3.05, 3.63) is 16.9 Å². The van der Waals surface area contributed by atoms with Gasteiger partial charge in [0.25, 0.3) is 0 Å². The van der Waals surface area contributed by atoms with Crippen molar-refractivity contribution in [1.82, 2.24) is 15.1 Å². The summed E-state index contributed by atoms with van der Waals surface area (Å²) in [4.78, 5) is 11.4. The molecule has 0 aliphatic heterocycles. The zero-order valence-electron chi connectivity index (χ0n) is 11.8. The Morgan fingerprint density at radius 1 is 1.45 bits per heavy atom. The third-order valence-electron chi connectivity index (χ3n) is 3.97. The maximum atomic E-state index is 11.4. The second-order valence-corrected chi connectivity index (χ2v) is 5.93. The number of carboxylic acid groups (broad SMARTS) is 1. The summed E-state index contributed by atoms with van der Waals surface area (Å²) in [5.74, 6) is -1.01. The molecule has 5 nitrogen and oxygen atoms in total. The molecule has 1 aliphatic carbocycles. The molecule has 1 aliphatic rings. The van der Waals surface area contributed by atoms with Crippen LogP contribution in [-0.2, 0) is 18.4 Å². The average molecular weight is 300 g/mol. The summed E-state index contributed by atoms with van der Waals surface area (Å²) >= 11 is 6.08. The molecule has 1 saturated carbocycles. The molecular formula is C14H22ClN3O2. The number of aromatic nitrogens is 2.